The zero-order valence-electron chi connectivity index (χ0n) is 8.23. The van der Waals surface area contributed by atoms with Crippen LogP contribution in [0, 0.1) is 11.8 Å². The van der Waals surface area contributed by atoms with Crippen LogP contribution in [0.25, 0.3) is 0 Å². The molecule has 1 aromatic carbocycles. The molecule has 0 amide bonds. The molecule has 0 unspecified atom stereocenters. The quantitative estimate of drug-likeness (QED) is 0.583. The van der Waals surface area contributed by atoms with Gasteiger partial charge in [-0.15, -0.1) is 0 Å². The lowest BCUT2D eigenvalue weighted by atomic mass is 10.1. The number of hydrogen-bond acceptors (Lipinski definition) is 2. The number of aliphatic carboxylic acids is 1. The Morgan fingerprint density at radius 3 is 2.73 bits per heavy atom. The summed E-state index contributed by atoms with van der Waals surface area (Å²) in [7, 11) is 0. The molecule has 0 aromatic heterocycles. The van der Waals surface area contributed by atoms with Crippen LogP contribution in [-0.2, 0) is 11.2 Å². The summed E-state index contributed by atoms with van der Waals surface area (Å²) in [5.74, 6) is 3.78. The molecule has 0 spiro atoms. The zero-order valence-corrected chi connectivity index (χ0v) is 8.23. The molecule has 2 N–H and O–H groups in total. The third-order valence-electron chi connectivity index (χ3n) is 1.93. The van der Waals surface area contributed by atoms with Crippen LogP contribution in [0.3, 0.4) is 0 Å². The van der Waals surface area contributed by atoms with Crippen LogP contribution >= 0.6 is 0 Å². The van der Waals surface area contributed by atoms with Gasteiger partial charge in [0.2, 0.25) is 0 Å². The number of hydrogen-bond donors (Lipinski definition) is 2. The van der Waals surface area contributed by atoms with E-state index in [4.69, 9.17) is 5.11 Å². The predicted molar refractivity (Wildman–Crippen MR) is 56.5 cm³/mol. The highest BCUT2D eigenvalue weighted by Gasteiger charge is 1.97. The Labute approximate surface area is 88.4 Å². The molecule has 1 rings (SSSR count). The zero-order chi connectivity index (χ0) is 11.1. The van der Waals surface area contributed by atoms with Crippen molar-refractivity contribution < 1.29 is 15.0 Å². The highest BCUT2D eigenvalue weighted by molar-refractivity contribution is 5.86. The van der Waals surface area contributed by atoms with Crippen molar-refractivity contribution in [2.75, 3.05) is 0 Å². The second kappa shape index (κ2) is 5.71. The molecule has 3 nitrogen and oxygen atoms in total. The first kappa shape index (κ1) is 11.1. The minimum absolute atomic E-state index is 0.281. The van der Waals surface area contributed by atoms with Gasteiger partial charge < -0.3 is 10.2 Å². The van der Waals surface area contributed by atoms with Gasteiger partial charge in [-0.05, 0) is 24.5 Å². The molecule has 0 aliphatic carbocycles. The molecular weight excluding hydrogens is 192 g/mol. The topological polar surface area (TPSA) is 57.5 Å². The second-order valence-corrected chi connectivity index (χ2v) is 3.09. The Morgan fingerprint density at radius 1 is 1.33 bits per heavy atom. The highest BCUT2D eigenvalue weighted by Crippen LogP contribution is 2.17. The summed E-state index contributed by atoms with van der Waals surface area (Å²) in [5.41, 5.74) is 0.870. The molecule has 0 bridgehead atoms. The summed E-state index contributed by atoms with van der Waals surface area (Å²) in [5, 5.41) is 17.7. The van der Waals surface area contributed by atoms with Gasteiger partial charge in [-0.2, -0.15) is 0 Å². The standard InChI is InChI=1S/C12H12O3/c13-11-8-5-4-7-10(11)6-2-1-3-9-12(14)15/h4-5,7-8,13H,1-2,6H2,(H,14,15). The summed E-state index contributed by atoms with van der Waals surface area (Å²) >= 11 is 0. The third kappa shape index (κ3) is 4.19. The Balaban J connectivity index is 2.36. The van der Waals surface area contributed by atoms with Crippen molar-refractivity contribution in [3.63, 3.8) is 0 Å². The Hall–Kier alpha value is -1.95. The number of phenolic OH excluding ortho intramolecular Hbond substituents is 1. The highest BCUT2D eigenvalue weighted by atomic mass is 16.4. The van der Waals surface area contributed by atoms with Crippen molar-refractivity contribution in [3.8, 4) is 17.6 Å². The summed E-state index contributed by atoms with van der Waals surface area (Å²) in [6.45, 7) is 0. The van der Waals surface area contributed by atoms with Gasteiger partial charge in [0.1, 0.15) is 5.75 Å². The number of carboxylic acids is 1. The summed E-state index contributed by atoms with van der Waals surface area (Å²) in [6, 6.07) is 7.11. The Bertz CT molecular complexity index is 399. The van der Waals surface area contributed by atoms with E-state index < -0.39 is 5.97 Å². The minimum Gasteiger partial charge on any atom is -0.508 e. The first-order valence-corrected chi connectivity index (χ1v) is 4.69. The first-order chi connectivity index (χ1) is 7.20. The maximum atomic E-state index is 10.1. The lowest BCUT2D eigenvalue weighted by Crippen LogP contribution is -1.88. The molecular formula is C12H12O3. The molecule has 0 saturated heterocycles. The SMILES string of the molecule is O=C(O)C#CCCCc1ccccc1O. The molecule has 0 fully saturated rings. The maximum absolute atomic E-state index is 10.1. The Morgan fingerprint density at radius 2 is 2.07 bits per heavy atom. The van der Waals surface area contributed by atoms with Gasteiger partial charge in [0, 0.05) is 12.3 Å². The molecule has 0 heterocycles. The first-order valence-electron chi connectivity index (χ1n) is 4.69. The van der Waals surface area contributed by atoms with Gasteiger partial charge in [-0.25, -0.2) is 4.79 Å². The molecule has 1 aromatic rings. The van der Waals surface area contributed by atoms with E-state index in [1.54, 1.807) is 12.1 Å². The number of carbonyl (C=O) groups is 1. The van der Waals surface area contributed by atoms with Crippen LogP contribution in [0.4, 0.5) is 0 Å². The maximum Gasteiger partial charge on any atom is 0.381 e. The molecule has 0 aliphatic rings. The van der Waals surface area contributed by atoms with Crippen molar-refractivity contribution in [2.24, 2.45) is 0 Å². The van der Waals surface area contributed by atoms with E-state index in [9.17, 15) is 9.90 Å². The number of unbranched alkanes of at least 4 members (excludes halogenated alkanes) is 1. The van der Waals surface area contributed by atoms with Crippen molar-refractivity contribution in [1.82, 2.24) is 0 Å². The number of carboxylic acid groups (broad SMARTS) is 1. The van der Waals surface area contributed by atoms with Crippen LogP contribution < -0.4 is 0 Å². The van der Waals surface area contributed by atoms with E-state index in [0.29, 0.717) is 12.8 Å². The van der Waals surface area contributed by atoms with Crippen LogP contribution in [-0.4, -0.2) is 16.2 Å². The summed E-state index contributed by atoms with van der Waals surface area (Å²) in [6.07, 6.45) is 1.99. The lowest BCUT2D eigenvalue weighted by Gasteiger charge is -2.01. The molecule has 78 valence electrons. The number of rotatable bonds is 3. The minimum atomic E-state index is -1.10. The van der Waals surface area contributed by atoms with E-state index in [0.717, 1.165) is 12.0 Å². The number of para-hydroxylation sites is 1. The molecule has 15 heavy (non-hydrogen) atoms. The largest absolute Gasteiger partial charge is 0.508 e. The number of phenols is 1. The fourth-order valence-corrected chi connectivity index (χ4v) is 1.23. The van der Waals surface area contributed by atoms with Crippen LogP contribution in [0.5, 0.6) is 5.75 Å². The van der Waals surface area contributed by atoms with Gasteiger partial charge in [0.05, 0.1) is 0 Å². The van der Waals surface area contributed by atoms with E-state index in [2.05, 4.69) is 11.8 Å². The summed E-state index contributed by atoms with van der Waals surface area (Å²) < 4.78 is 0. The van der Waals surface area contributed by atoms with Gasteiger partial charge in [0.25, 0.3) is 0 Å². The Kier molecular flexibility index (Phi) is 4.24. The second-order valence-electron chi connectivity index (χ2n) is 3.09. The normalized spacial score (nSPS) is 9.07. The molecule has 0 aliphatic heterocycles. The summed E-state index contributed by atoms with van der Waals surface area (Å²) in [4.78, 5) is 10.1. The smallest absolute Gasteiger partial charge is 0.381 e. The molecule has 0 atom stereocenters. The van der Waals surface area contributed by atoms with E-state index >= 15 is 0 Å². The van der Waals surface area contributed by atoms with Crippen LogP contribution in [0.2, 0.25) is 0 Å². The monoisotopic (exact) mass is 204 g/mol. The van der Waals surface area contributed by atoms with Gasteiger partial charge in [-0.3, -0.25) is 0 Å². The van der Waals surface area contributed by atoms with Crippen molar-refractivity contribution in [1.29, 1.82) is 0 Å². The molecule has 0 radical (unpaired) electrons. The fourth-order valence-electron chi connectivity index (χ4n) is 1.23. The van der Waals surface area contributed by atoms with Crippen LogP contribution in [0.15, 0.2) is 24.3 Å². The van der Waals surface area contributed by atoms with Gasteiger partial charge in [0.15, 0.2) is 0 Å². The lowest BCUT2D eigenvalue weighted by molar-refractivity contribution is -0.130. The average Bonchev–Trinajstić information content (AvgIpc) is 2.20. The van der Waals surface area contributed by atoms with Gasteiger partial charge >= 0.3 is 5.97 Å². The average molecular weight is 204 g/mol. The van der Waals surface area contributed by atoms with E-state index in [1.165, 1.54) is 0 Å². The number of aromatic hydroxyl groups is 1. The van der Waals surface area contributed by atoms with Crippen LogP contribution in [0.1, 0.15) is 18.4 Å². The van der Waals surface area contributed by atoms with Crippen molar-refractivity contribution >= 4 is 5.97 Å². The predicted octanol–water partition coefficient (Wildman–Crippen LogP) is 1.80. The van der Waals surface area contributed by atoms with Crippen molar-refractivity contribution in [2.45, 2.75) is 19.3 Å². The number of benzene rings is 1. The van der Waals surface area contributed by atoms with E-state index in [1.807, 2.05) is 12.1 Å². The number of aryl methyl sites for hydroxylation is 1. The fraction of sp³-hybridized carbons (Fsp3) is 0.250. The van der Waals surface area contributed by atoms with Gasteiger partial charge in [-0.1, -0.05) is 24.1 Å². The van der Waals surface area contributed by atoms with E-state index in [-0.39, 0.29) is 5.75 Å². The van der Waals surface area contributed by atoms with Crippen molar-refractivity contribution in [3.05, 3.63) is 29.8 Å². The third-order valence-corrected chi connectivity index (χ3v) is 1.93. The molecule has 3 heteroatoms. The molecule has 0 saturated carbocycles.